The monoisotopic (exact) mass is 271 g/mol. The summed E-state index contributed by atoms with van der Waals surface area (Å²) < 4.78 is 1.18. The Balaban J connectivity index is 3.14. The van der Waals surface area contributed by atoms with E-state index in [0.29, 0.717) is 5.92 Å². The first kappa shape index (κ1) is 9.53. The zero-order valence-corrected chi connectivity index (χ0v) is 9.29. The van der Waals surface area contributed by atoms with Crippen molar-refractivity contribution in [2.75, 3.05) is 0 Å². The van der Waals surface area contributed by atoms with Crippen LogP contribution in [0.25, 0.3) is 0 Å². The molecule has 0 fully saturated rings. The topological polar surface area (TPSA) is 23.8 Å². The maximum atomic E-state index is 8.64. The van der Waals surface area contributed by atoms with Crippen molar-refractivity contribution in [3.8, 4) is 6.07 Å². The zero-order valence-electron chi connectivity index (χ0n) is 7.13. The quantitative estimate of drug-likeness (QED) is 0.719. The summed E-state index contributed by atoms with van der Waals surface area (Å²) in [5.74, 6) is 0.532. The molecule has 12 heavy (non-hydrogen) atoms. The SMILES string of the molecule is CC(C)c1ccc(C#N)cc1I. The average molecular weight is 271 g/mol. The van der Waals surface area contributed by atoms with Crippen LogP contribution in [0.5, 0.6) is 0 Å². The van der Waals surface area contributed by atoms with Crippen LogP contribution in [0.4, 0.5) is 0 Å². The number of halogens is 1. The van der Waals surface area contributed by atoms with Crippen LogP contribution in [0.15, 0.2) is 18.2 Å². The second kappa shape index (κ2) is 3.90. The Kier molecular flexibility index (Phi) is 3.10. The Hall–Kier alpha value is -0.560. The number of rotatable bonds is 1. The molecular formula is C10H10IN. The minimum absolute atomic E-state index is 0.532. The van der Waals surface area contributed by atoms with Crippen molar-refractivity contribution in [1.82, 2.24) is 0 Å². The number of nitrogens with zero attached hydrogens (tertiary/aromatic N) is 1. The fourth-order valence-electron chi connectivity index (χ4n) is 1.06. The van der Waals surface area contributed by atoms with Crippen molar-refractivity contribution in [1.29, 1.82) is 5.26 Å². The van der Waals surface area contributed by atoms with Gasteiger partial charge < -0.3 is 0 Å². The van der Waals surface area contributed by atoms with Crippen LogP contribution in [-0.2, 0) is 0 Å². The first-order chi connectivity index (χ1) is 5.65. The second-order valence-electron chi connectivity index (χ2n) is 3.00. The molecule has 0 bridgehead atoms. The minimum Gasteiger partial charge on any atom is -0.192 e. The lowest BCUT2D eigenvalue weighted by Gasteiger charge is -2.07. The van der Waals surface area contributed by atoms with Gasteiger partial charge in [-0.25, -0.2) is 0 Å². The van der Waals surface area contributed by atoms with Crippen LogP contribution < -0.4 is 0 Å². The molecule has 0 aromatic heterocycles. The van der Waals surface area contributed by atoms with E-state index < -0.39 is 0 Å². The first-order valence-corrected chi connectivity index (χ1v) is 4.92. The average Bonchev–Trinajstić information content (AvgIpc) is 2.03. The lowest BCUT2D eigenvalue weighted by molar-refractivity contribution is 0.860. The second-order valence-corrected chi connectivity index (χ2v) is 4.16. The van der Waals surface area contributed by atoms with Gasteiger partial charge in [-0.05, 0) is 46.2 Å². The predicted molar refractivity (Wildman–Crippen MR) is 58.0 cm³/mol. The number of hydrogen-bond acceptors (Lipinski definition) is 1. The van der Waals surface area contributed by atoms with Gasteiger partial charge in [0, 0.05) is 3.57 Å². The Bertz CT molecular complexity index is 323. The molecule has 1 rings (SSSR count). The maximum absolute atomic E-state index is 8.64. The lowest BCUT2D eigenvalue weighted by atomic mass is 10.0. The molecule has 0 heterocycles. The summed E-state index contributed by atoms with van der Waals surface area (Å²) in [6.07, 6.45) is 0. The van der Waals surface area contributed by atoms with E-state index in [9.17, 15) is 0 Å². The van der Waals surface area contributed by atoms with Gasteiger partial charge in [-0.1, -0.05) is 19.9 Å². The molecule has 1 nitrogen and oxygen atoms in total. The highest BCUT2D eigenvalue weighted by molar-refractivity contribution is 14.1. The van der Waals surface area contributed by atoms with Crippen LogP contribution in [0.3, 0.4) is 0 Å². The van der Waals surface area contributed by atoms with Crippen molar-refractivity contribution in [2.24, 2.45) is 0 Å². The molecule has 0 radical (unpaired) electrons. The molecule has 1 aromatic carbocycles. The van der Waals surface area contributed by atoms with Crippen molar-refractivity contribution < 1.29 is 0 Å². The van der Waals surface area contributed by atoms with E-state index in [4.69, 9.17) is 5.26 Å². The fourth-order valence-corrected chi connectivity index (χ4v) is 2.20. The van der Waals surface area contributed by atoms with Crippen molar-refractivity contribution in [2.45, 2.75) is 19.8 Å². The van der Waals surface area contributed by atoms with Crippen LogP contribution in [0, 0.1) is 14.9 Å². The standard InChI is InChI=1S/C10H10IN/c1-7(2)9-4-3-8(6-12)5-10(9)11/h3-5,7H,1-2H3. The lowest BCUT2D eigenvalue weighted by Crippen LogP contribution is -1.91. The molecular weight excluding hydrogens is 261 g/mol. The number of hydrogen-bond donors (Lipinski definition) is 0. The van der Waals surface area contributed by atoms with E-state index in [2.05, 4.69) is 42.5 Å². The third kappa shape index (κ3) is 1.98. The molecule has 0 saturated carbocycles. The van der Waals surface area contributed by atoms with Crippen LogP contribution in [0.1, 0.15) is 30.9 Å². The van der Waals surface area contributed by atoms with Crippen LogP contribution in [-0.4, -0.2) is 0 Å². The highest BCUT2D eigenvalue weighted by atomic mass is 127. The van der Waals surface area contributed by atoms with Gasteiger partial charge in [0.15, 0.2) is 0 Å². The molecule has 1 aromatic rings. The Morgan fingerprint density at radius 3 is 2.50 bits per heavy atom. The van der Waals surface area contributed by atoms with Gasteiger partial charge in [0.25, 0.3) is 0 Å². The highest BCUT2D eigenvalue weighted by Gasteiger charge is 2.04. The summed E-state index contributed by atoms with van der Waals surface area (Å²) in [5, 5.41) is 8.64. The Labute approximate surface area is 86.5 Å². The molecule has 62 valence electrons. The molecule has 0 amide bonds. The van der Waals surface area contributed by atoms with Gasteiger partial charge >= 0.3 is 0 Å². The molecule has 0 aliphatic rings. The van der Waals surface area contributed by atoms with E-state index >= 15 is 0 Å². The summed E-state index contributed by atoms with van der Waals surface area (Å²) >= 11 is 2.27. The minimum atomic E-state index is 0.532. The van der Waals surface area contributed by atoms with Crippen LogP contribution >= 0.6 is 22.6 Å². The summed E-state index contributed by atoms with van der Waals surface area (Å²) in [4.78, 5) is 0. The van der Waals surface area contributed by atoms with Gasteiger partial charge in [0.2, 0.25) is 0 Å². The van der Waals surface area contributed by atoms with E-state index in [1.165, 1.54) is 9.13 Å². The number of benzene rings is 1. The third-order valence-electron chi connectivity index (χ3n) is 1.75. The van der Waals surface area contributed by atoms with E-state index in [0.717, 1.165) is 5.56 Å². The Morgan fingerprint density at radius 1 is 1.42 bits per heavy atom. The summed E-state index contributed by atoms with van der Waals surface area (Å²) in [7, 11) is 0. The van der Waals surface area contributed by atoms with Gasteiger partial charge in [-0.2, -0.15) is 5.26 Å². The molecule has 0 saturated heterocycles. The molecule has 0 N–H and O–H groups in total. The summed E-state index contributed by atoms with van der Waals surface area (Å²) in [5.41, 5.74) is 2.05. The van der Waals surface area contributed by atoms with Crippen molar-refractivity contribution >= 4 is 22.6 Å². The first-order valence-electron chi connectivity index (χ1n) is 3.84. The third-order valence-corrected chi connectivity index (χ3v) is 2.69. The van der Waals surface area contributed by atoms with E-state index in [1.807, 2.05) is 18.2 Å². The van der Waals surface area contributed by atoms with Gasteiger partial charge in [-0.15, -0.1) is 0 Å². The molecule has 0 spiro atoms. The highest BCUT2D eigenvalue weighted by Crippen LogP contribution is 2.21. The number of nitriles is 1. The summed E-state index contributed by atoms with van der Waals surface area (Å²) in [6.45, 7) is 4.31. The van der Waals surface area contributed by atoms with Gasteiger partial charge in [-0.3, -0.25) is 0 Å². The van der Waals surface area contributed by atoms with E-state index in [1.54, 1.807) is 0 Å². The van der Waals surface area contributed by atoms with Crippen LogP contribution in [0.2, 0.25) is 0 Å². The molecule has 0 aliphatic heterocycles. The van der Waals surface area contributed by atoms with Gasteiger partial charge in [0.05, 0.1) is 11.6 Å². The fraction of sp³-hybridized carbons (Fsp3) is 0.300. The van der Waals surface area contributed by atoms with E-state index in [-0.39, 0.29) is 0 Å². The van der Waals surface area contributed by atoms with Crippen molar-refractivity contribution in [3.63, 3.8) is 0 Å². The zero-order chi connectivity index (χ0) is 9.14. The molecule has 0 aliphatic carbocycles. The van der Waals surface area contributed by atoms with Gasteiger partial charge in [0.1, 0.15) is 0 Å². The molecule has 0 atom stereocenters. The van der Waals surface area contributed by atoms with Crippen molar-refractivity contribution in [3.05, 3.63) is 32.9 Å². The Morgan fingerprint density at radius 2 is 2.08 bits per heavy atom. The normalized spacial score (nSPS) is 9.92. The smallest absolute Gasteiger partial charge is 0.0991 e. The largest absolute Gasteiger partial charge is 0.192 e. The summed E-state index contributed by atoms with van der Waals surface area (Å²) in [6, 6.07) is 7.96. The molecule has 2 heteroatoms. The predicted octanol–water partition coefficient (Wildman–Crippen LogP) is 3.29. The molecule has 0 unspecified atom stereocenters. The maximum Gasteiger partial charge on any atom is 0.0991 e.